The van der Waals surface area contributed by atoms with E-state index in [1.807, 2.05) is 4.90 Å². The molecule has 0 bridgehead atoms. The van der Waals surface area contributed by atoms with E-state index in [0.29, 0.717) is 36.7 Å². The van der Waals surface area contributed by atoms with E-state index in [0.717, 1.165) is 19.3 Å². The van der Waals surface area contributed by atoms with Gasteiger partial charge in [-0.25, -0.2) is 9.50 Å². The molecule has 2 aliphatic rings. The number of nitrogens with zero attached hydrogens (tertiary/aromatic N) is 3. The minimum absolute atomic E-state index is 0.0327. The molecular formula is C16H21N5O3. The number of rotatable bonds is 1. The highest BCUT2D eigenvalue weighted by Gasteiger charge is 2.48. The molecule has 128 valence electrons. The minimum atomic E-state index is -0.243. The van der Waals surface area contributed by atoms with Crippen LogP contribution in [0.4, 0.5) is 0 Å². The zero-order valence-corrected chi connectivity index (χ0v) is 13.6. The van der Waals surface area contributed by atoms with E-state index < -0.39 is 0 Å². The van der Waals surface area contributed by atoms with Crippen molar-refractivity contribution in [1.29, 1.82) is 0 Å². The molecule has 0 aromatic carbocycles. The van der Waals surface area contributed by atoms with Crippen molar-refractivity contribution in [3.05, 3.63) is 33.9 Å². The maximum Gasteiger partial charge on any atom is 0.272 e. The Morgan fingerprint density at radius 1 is 1.46 bits per heavy atom. The van der Waals surface area contributed by atoms with Gasteiger partial charge in [-0.05, 0) is 26.2 Å². The van der Waals surface area contributed by atoms with Gasteiger partial charge in [-0.1, -0.05) is 0 Å². The van der Waals surface area contributed by atoms with E-state index >= 15 is 0 Å². The van der Waals surface area contributed by atoms with Gasteiger partial charge in [0.25, 0.3) is 11.5 Å². The maximum absolute atomic E-state index is 13.2. The molecule has 2 aliphatic heterocycles. The van der Waals surface area contributed by atoms with Crippen molar-refractivity contribution in [3.63, 3.8) is 0 Å². The van der Waals surface area contributed by atoms with Crippen LogP contribution in [0, 0.1) is 6.92 Å². The predicted molar refractivity (Wildman–Crippen MR) is 87.0 cm³/mol. The topological polar surface area (TPSA) is 106 Å². The molecule has 4 heterocycles. The summed E-state index contributed by atoms with van der Waals surface area (Å²) in [5, 5.41) is 2.83. The van der Waals surface area contributed by atoms with Gasteiger partial charge in [0.1, 0.15) is 5.56 Å². The summed E-state index contributed by atoms with van der Waals surface area (Å²) in [6.07, 6.45) is 3.93. The van der Waals surface area contributed by atoms with Crippen molar-refractivity contribution in [3.8, 4) is 0 Å². The Morgan fingerprint density at radius 2 is 2.21 bits per heavy atom. The fourth-order valence-electron chi connectivity index (χ4n) is 4.01. The van der Waals surface area contributed by atoms with Crippen molar-refractivity contribution in [2.24, 2.45) is 5.73 Å². The summed E-state index contributed by atoms with van der Waals surface area (Å²) >= 11 is 0. The Balaban J connectivity index is 1.77. The van der Waals surface area contributed by atoms with Gasteiger partial charge >= 0.3 is 0 Å². The number of carbonyl (C=O) groups is 1. The Morgan fingerprint density at radius 3 is 2.96 bits per heavy atom. The van der Waals surface area contributed by atoms with Crippen LogP contribution in [-0.2, 0) is 4.74 Å². The summed E-state index contributed by atoms with van der Waals surface area (Å²) in [7, 11) is 0. The zero-order valence-electron chi connectivity index (χ0n) is 13.6. The molecule has 3 N–H and O–H groups in total. The van der Waals surface area contributed by atoms with Crippen molar-refractivity contribution in [2.45, 2.75) is 37.8 Å². The molecule has 4 rings (SSSR count). The first-order valence-corrected chi connectivity index (χ1v) is 8.23. The van der Waals surface area contributed by atoms with Crippen LogP contribution < -0.4 is 11.3 Å². The van der Waals surface area contributed by atoms with Crippen LogP contribution in [0.25, 0.3) is 5.65 Å². The molecule has 0 radical (unpaired) electrons. The van der Waals surface area contributed by atoms with E-state index in [4.69, 9.17) is 10.5 Å². The highest BCUT2D eigenvalue weighted by atomic mass is 16.5. The molecule has 1 unspecified atom stereocenters. The highest BCUT2D eigenvalue weighted by molar-refractivity contribution is 6.00. The number of H-pyrrole nitrogens is 1. The highest BCUT2D eigenvalue weighted by Crippen LogP contribution is 2.38. The average molecular weight is 331 g/mol. The number of amides is 1. The number of aromatic nitrogens is 3. The Kier molecular flexibility index (Phi) is 3.47. The van der Waals surface area contributed by atoms with Crippen LogP contribution in [0.2, 0.25) is 0 Å². The number of hydrogen-bond donors (Lipinski definition) is 2. The molecule has 1 spiro atoms. The van der Waals surface area contributed by atoms with Crippen molar-refractivity contribution in [2.75, 3.05) is 19.8 Å². The maximum atomic E-state index is 13.2. The van der Waals surface area contributed by atoms with E-state index in [2.05, 4.69) is 10.1 Å². The Bertz CT molecular complexity index is 849. The molecular weight excluding hydrogens is 310 g/mol. The zero-order chi connectivity index (χ0) is 16.9. The largest absolute Gasteiger partial charge is 0.381 e. The minimum Gasteiger partial charge on any atom is -0.381 e. The fourth-order valence-corrected chi connectivity index (χ4v) is 4.01. The van der Waals surface area contributed by atoms with Crippen molar-refractivity contribution >= 4 is 11.6 Å². The lowest BCUT2D eigenvalue weighted by molar-refractivity contribution is -0.00307. The number of nitrogens with one attached hydrogen (secondary N) is 1. The quantitative estimate of drug-likeness (QED) is 0.768. The average Bonchev–Trinajstić information content (AvgIpc) is 3.09. The van der Waals surface area contributed by atoms with Crippen molar-refractivity contribution in [1.82, 2.24) is 19.5 Å². The number of likely N-dealkylation sites (tertiary alicyclic amines) is 1. The fraction of sp³-hybridized carbons (Fsp3) is 0.562. The summed E-state index contributed by atoms with van der Waals surface area (Å²) in [6.45, 7) is 3.54. The molecule has 1 amide bonds. The van der Waals surface area contributed by atoms with Crippen molar-refractivity contribution < 1.29 is 9.53 Å². The summed E-state index contributed by atoms with van der Waals surface area (Å²) in [4.78, 5) is 31.5. The van der Waals surface area contributed by atoms with Gasteiger partial charge in [-0.2, -0.15) is 0 Å². The van der Waals surface area contributed by atoms with Gasteiger partial charge in [0.15, 0.2) is 5.65 Å². The number of hydrogen-bond acceptors (Lipinski definition) is 5. The van der Waals surface area contributed by atoms with Crippen LogP contribution in [0.5, 0.6) is 0 Å². The van der Waals surface area contributed by atoms with Gasteiger partial charge in [0.2, 0.25) is 0 Å². The number of ether oxygens (including phenoxy) is 1. The van der Waals surface area contributed by atoms with Gasteiger partial charge < -0.3 is 15.4 Å². The van der Waals surface area contributed by atoms with Gasteiger partial charge in [0.05, 0.1) is 0 Å². The van der Waals surface area contributed by atoms with Gasteiger partial charge in [0, 0.05) is 49.3 Å². The lowest BCUT2D eigenvalue weighted by Crippen LogP contribution is -2.50. The van der Waals surface area contributed by atoms with Crippen LogP contribution in [0.3, 0.4) is 0 Å². The van der Waals surface area contributed by atoms with Gasteiger partial charge in [-0.3, -0.25) is 14.7 Å². The first-order chi connectivity index (χ1) is 11.5. The molecule has 0 saturated carbocycles. The summed E-state index contributed by atoms with van der Waals surface area (Å²) in [5.74, 6) is -0.124. The van der Waals surface area contributed by atoms with Crippen LogP contribution in [0.15, 0.2) is 17.1 Å². The van der Waals surface area contributed by atoms with Crippen LogP contribution >= 0.6 is 0 Å². The predicted octanol–water partition coefficient (Wildman–Crippen LogP) is 0.0534. The summed E-state index contributed by atoms with van der Waals surface area (Å²) in [6, 6.07) is 1.40. The number of nitrogens with two attached hydrogens (primary N) is 1. The Hall–Kier alpha value is -2.19. The second kappa shape index (κ2) is 5.42. The molecule has 2 aromatic rings. The molecule has 2 fully saturated rings. The molecule has 2 aromatic heterocycles. The number of aromatic amines is 1. The molecule has 8 nitrogen and oxygen atoms in total. The third-order valence-corrected chi connectivity index (χ3v) is 5.16. The van der Waals surface area contributed by atoms with E-state index in [9.17, 15) is 9.59 Å². The second-order valence-corrected chi connectivity index (χ2v) is 6.80. The number of aryl methyl sites for hydroxylation is 1. The molecule has 0 aliphatic carbocycles. The molecule has 2 saturated heterocycles. The standard InChI is InChI=1S/C16H21N5O3/c1-10-6-13(22)21-14(19-10)12(8-18-21)15(23)20-9-11(17)7-16(20)2-4-24-5-3-16/h6,8,11,18H,2-5,7,9,17H2,1H3. The normalized spacial score (nSPS) is 23.2. The summed E-state index contributed by atoms with van der Waals surface area (Å²) < 4.78 is 6.77. The van der Waals surface area contributed by atoms with Crippen LogP contribution in [-0.4, -0.2) is 56.7 Å². The second-order valence-electron chi connectivity index (χ2n) is 6.80. The SMILES string of the molecule is Cc1cc(=O)n2[nH]cc(C(=O)N3CC(N)CC34CCOCC4)c2n1. The van der Waals surface area contributed by atoms with Gasteiger partial charge in [-0.15, -0.1) is 0 Å². The lowest BCUT2D eigenvalue weighted by Gasteiger charge is -2.41. The lowest BCUT2D eigenvalue weighted by atomic mass is 9.86. The number of carbonyl (C=O) groups excluding carboxylic acids is 1. The molecule has 8 heteroatoms. The smallest absolute Gasteiger partial charge is 0.272 e. The molecule has 24 heavy (non-hydrogen) atoms. The summed E-state index contributed by atoms with van der Waals surface area (Å²) in [5.41, 5.74) is 7.07. The van der Waals surface area contributed by atoms with E-state index in [1.165, 1.54) is 10.6 Å². The van der Waals surface area contributed by atoms with Crippen LogP contribution in [0.1, 0.15) is 35.3 Å². The monoisotopic (exact) mass is 331 g/mol. The van der Waals surface area contributed by atoms with E-state index in [-0.39, 0.29) is 23.0 Å². The van der Waals surface area contributed by atoms with E-state index in [1.54, 1.807) is 13.1 Å². The molecule has 1 atom stereocenters. The first-order valence-electron chi connectivity index (χ1n) is 8.23. The Labute approximate surface area is 138 Å². The first kappa shape index (κ1) is 15.3. The number of fused-ring (bicyclic) bond motifs is 1. The third-order valence-electron chi connectivity index (χ3n) is 5.16. The third kappa shape index (κ3) is 2.25.